The maximum atomic E-state index is 13.0. The van der Waals surface area contributed by atoms with Gasteiger partial charge in [-0.15, -0.1) is 0 Å². The summed E-state index contributed by atoms with van der Waals surface area (Å²) in [4.78, 5) is 36.9. The number of nitrogens with zero attached hydrogens (tertiary/aromatic N) is 2. The van der Waals surface area contributed by atoms with E-state index in [1.165, 1.54) is 16.7 Å². The largest absolute Gasteiger partial charge is 0.337 e. The van der Waals surface area contributed by atoms with Gasteiger partial charge in [0.05, 0.1) is 10.6 Å². The highest BCUT2D eigenvalue weighted by atomic mass is 32.1. The monoisotopic (exact) mass is 376 g/mol. The smallest absolute Gasteiger partial charge is 0.288 e. The molecule has 0 spiro atoms. The molecule has 4 aromatic rings. The lowest BCUT2D eigenvalue weighted by molar-refractivity contribution is -0.380. The average Bonchev–Trinajstić information content (AvgIpc) is 3.08. The molecular weight excluding hydrogens is 364 g/mol. The van der Waals surface area contributed by atoms with Crippen molar-refractivity contribution in [2.75, 3.05) is 0 Å². The van der Waals surface area contributed by atoms with Gasteiger partial charge in [-0.1, -0.05) is 48.5 Å². The fourth-order valence-corrected chi connectivity index (χ4v) is 4.10. The molecule has 2 heterocycles. The standard InChI is InChI=1S/C20H12N2O4S/c23-16-12-11-15-17(18(24)13-7-3-1-4-8-13)20(22(25)26)27-19(15)21(16)14-9-5-2-6-10-14/h1-12H. The topological polar surface area (TPSA) is 82.2 Å². The predicted molar refractivity (Wildman–Crippen MR) is 104 cm³/mol. The molecule has 0 aliphatic carbocycles. The van der Waals surface area contributed by atoms with E-state index >= 15 is 0 Å². The van der Waals surface area contributed by atoms with Crippen molar-refractivity contribution in [2.45, 2.75) is 0 Å². The summed E-state index contributed by atoms with van der Waals surface area (Å²) >= 11 is 0.834. The Labute approximate surface area is 157 Å². The van der Waals surface area contributed by atoms with Gasteiger partial charge in [0, 0.05) is 17.0 Å². The summed E-state index contributed by atoms with van der Waals surface area (Å²) in [6, 6.07) is 20.1. The molecular formula is C20H12N2O4S. The van der Waals surface area contributed by atoms with Crippen molar-refractivity contribution in [1.82, 2.24) is 4.57 Å². The van der Waals surface area contributed by atoms with Crippen molar-refractivity contribution < 1.29 is 9.72 Å². The molecule has 0 radical (unpaired) electrons. The van der Waals surface area contributed by atoms with E-state index in [1.54, 1.807) is 54.6 Å². The second-order valence-electron chi connectivity index (χ2n) is 5.80. The maximum absolute atomic E-state index is 13.0. The van der Waals surface area contributed by atoms with E-state index in [1.807, 2.05) is 6.07 Å². The van der Waals surface area contributed by atoms with Crippen molar-refractivity contribution in [3.05, 3.63) is 104 Å². The quantitative estimate of drug-likeness (QED) is 0.304. The molecule has 0 aliphatic heterocycles. The molecule has 27 heavy (non-hydrogen) atoms. The normalized spacial score (nSPS) is 10.8. The predicted octanol–water partition coefficient (Wildman–Crippen LogP) is 4.19. The van der Waals surface area contributed by atoms with Crippen LogP contribution in [0.2, 0.25) is 0 Å². The van der Waals surface area contributed by atoms with E-state index in [9.17, 15) is 19.7 Å². The van der Waals surface area contributed by atoms with Crippen LogP contribution in [-0.4, -0.2) is 15.3 Å². The van der Waals surface area contributed by atoms with Crippen LogP contribution in [0, 0.1) is 10.1 Å². The number of ketones is 1. The summed E-state index contributed by atoms with van der Waals surface area (Å²) < 4.78 is 1.40. The molecule has 0 fully saturated rings. The minimum Gasteiger partial charge on any atom is -0.288 e. The Kier molecular flexibility index (Phi) is 4.13. The van der Waals surface area contributed by atoms with Crippen LogP contribution in [0.1, 0.15) is 15.9 Å². The highest BCUT2D eigenvalue weighted by Crippen LogP contribution is 2.38. The molecule has 7 heteroatoms. The van der Waals surface area contributed by atoms with Gasteiger partial charge in [0.15, 0.2) is 0 Å². The highest BCUT2D eigenvalue weighted by molar-refractivity contribution is 7.22. The molecule has 2 aromatic heterocycles. The van der Waals surface area contributed by atoms with Crippen LogP contribution in [0.3, 0.4) is 0 Å². The molecule has 2 aromatic carbocycles. The second-order valence-corrected chi connectivity index (χ2v) is 6.77. The first-order valence-corrected chi connectivity index (χ1v) is 8.87. The zero-order valence-electron chi connectivity index (χ0n) is 13.9. The third kappa shape index (κ3) is 2.84. The van der Waals surface area contributed by atoms with Crippen molar-refractivity contribution >= 4 is 32.3 Å². The Bertz CT molecular complexity index is 1230. The summed E-state index contributed by atoms with van der Waals surface area (Å²) in [6.45, 7) is 0. The first kappa shape index (κ1) is 16.9. The fourth-order valence-electron chi connectivity index (χ4n) is 2.97. The Morgan fingerprint density at radius 1 is 0.926 bits per heavy atom. The van der Waals surface area contributed by atoms with Gasteiger partial charge in [-0.25, -0.2) is 0 Å². The van der Waals surface area contributed by atoms with E-state index in [4.69, 9.17) is 0 Å². The molecule has 4 rings (SSSR count). The van der Waals surface area contributed by atoms with Gasteiger partial charge < -0.3 is 0 Å². The number of hydrogen-bond donors (Lipinski definition) is 0. The van der Waals surface area contributed by atoms with Crippen LogP contribution in [0.4, 0.5) is 5.00 Å². The van der Waals surface area contributed by atoms with Gasteiger partial charge >= 0.3 is 5.00 Å². The molecule has 0 saturated carbocycles. The van der Waals surface area contributed by atoms with Gasteiger partial charge in [0.1, 0.15) is 10.4 Å². The highest BCUT2D eigenvalue weighted by Gasteiger charge is 2.29. The number of benzene rings is 2. The Morgan fingerprint density at radius 3 is 2.19 bits per heavy atom. The number of rotatable bonds is 4. The van der Waals surface area contributed by atoms with Crippen molar-refractivity contribution in [1.29, 1.82) is 0 Å². The number of pyridine rings is 1. The van der Waals surface area contributed by atoms with Gasteiger partial charge in [0.25, 0.3) is 5.56 Å². The lowest BCUT2D eigenvalue weighted by Crippen LogP contribution is -2.16. The number of nitro groups is 1. The number of thiophene rings is 1. The number of hydrogen-bond acceptors (Lipinski definition) is 5. The van der Waals surface area contributed by atoms with Crippen LogP contribution in [0.15, 0.2) is 77.6 Å². The summed E-state index contributed by atoms with van der Waals surface area (Å²) in [6.07, 6.45) is 0. The van der Waals surface area contributed by atoms with Crippen LogP contribution < -0.4 is 5.56 Å². The van der Waals surface area contributed by atoms with Gasteiger partial charge in [0.2, 0.25) is 5.78 Å². The Balaban J connectivity index is 2.06. The van der Waals surface area contributed by atoms with Gasteiger partial charge in [-0.2, -0.15) is 0 Å². The SMILES string of the molecule is O=C(c1ccccc1)c1c([N+](=O)[O-])sc2c1ccc(=O)n2-c1ccccc1. The van der Waals surface area contributed by atoms with Crippen molar-refractivity contribution in [3.8, 4) is 5.69 Å². The third-order valence-electron chi connectivity index (χ3n) is 4.17. The summed E-state index contributed by atoms with van der Waals surface area (Å²) in [7, 11) is 0. The number of carbonyl (C=O) groups excluding carboxylic acids is 1. The van der Waals surface area contributed by atoms with E-state index in [0.29, 0.717) is 21.5 Å². The van der Waals surface area contributed by atoms with Crippen LogP contribution in [0.25, 0.3) is 15.9 Å². The van der Waals surface area contributed by atoms with Crippen LogP contribution in [-0.2, 0) is 0 Å². The van der Waals surface area contributed by atoms with Crippen molar-refractivity contribution in [3.63, 3.8) is 0 Å². The maximum Gasteiger partial charge on any atom is 0.337 e. The zero-order chi connectivity index (χ0) is 19.0. The third-order valence-corrected chi connectivity index (χ3v) is 5.31. The zero-order valence-corrected chi connectivity index (χ0v) is 14.7. The molecule has 0 atom stereocenters. The second kappa shape index (κ2) is 6.62. The minimum absolute atomic E-state index is 0.0101. The first-order valence-electron chi connectivity index (χ1n) is 8.06. The molecule has 0 unspecified atom stereocenters. The summed E-state index contributed by atoms with van der Waals surface area (Å²) in [5.41, 5.74) is 0.639. The molecule has 132 valence electrons. The lowest BCUT2D eigenvalue weighted by atomic mass is 10.0. The minimum atomic E-state index is -0.569. The van der Waals surface area contributed by atoms with E-state index in [-0.39, 0.29) is 16.1 Å². The van der Waals surface area contributed by atoms with E-state index in [0.717, 1.165) is 11.3 Å². The van der Waals surface area contributed by atoms with Crippen LogP contribution >= 0.6 is 11.3 Å². The van der Waals surface area contributed by atoms with Gasteiger partial charge in [-0.3, -0.25) is 24.3 Å². The number of fused-ring (bicyclic) bond motifs is 1. The Morgan fingerprint density at radius 2 is 1.56 bits per heavy atom. The number of para-hydroxylation sites is 1. The first-order chi connectivity index (χ1) is 13.1. The van der Waals surface area contributed by atoms with E-state index < -0.39 is 10.7 Å². The average molecular weight is 376 g/mol. The molecule has 0 amide bonds. The van der Waals surface area contributed by atoms with E-state index in [2.05, 4.69) is 0 Å². The summed E-state index contributed by atoms with van der Waals surface area (Å²) in [5.74, 6) is -0.438. The van der Waals surface area contributed by atoms with Crippen LogP contribution in [0.5, 0.6) is 0 Å². The molecule has 0 bridgehead atoms. The molecule has 0 N–H and O–H groups in total. The number of carbonyl (C=O) groups is 1. The molecule has 0 aliphatic rings. The lowest BCUT2D eigenvalue weighted by Gasteiger charge is -2.06. The summed E-state index contributed by atoms with van der Waals surface area (Å²) in [5, 5.41) is 11.8. The molecule has 6 nitrogen and oxygen atoms in total. The van der Waals surface area contributed by atoms with Gasteiger partial charge in [-0.05, 0) is 29.5 Å². The number of aromatic nitrogens is 1. The fraction of sp³-hybridized carbons (Fsp3) is 0. The van der Waals surface area contributed by atoms with Crippen molar-refractivity contribution in [2.24, 2.45) is 0 Å². The Hall–Kier alpha value is -3.58. The molecule has 0 saturated heterocycles.